The Morgan fingerprint density at radius 2 is 1.75 bits per heavy atom. The molecule has 0 bridgehead atoms. The Bertz CT molecular complexity index is 809. The third-order valence-corrected chi connectivity index (χ3v) is 6.70. The number of hydrogen-bond donors (Lipinski definition) is 1. The minimum absolute atomic E-state index is 0.0466. The van der Waals surface area contributed by atoms with Crippen molar-refractivity contribution in [3.05, 3.63) is 52.0 Å². The number of thioether (sulfide) groups is 1. The Kier molecular flexibility index (Phi) is 6.83. The van der Waals surface area contributed by atoms with Crippen LogP contribution in [0.15, 0.2) is 46.2 Å². The highest BCUT2D eigenvalue weighted by Crippen LogP contribution is 2.36. The average molecular weight is 406 g/mol. The van der Waals surface area contributed by atoms with Crippen LogP contribution in [0.4, 0.5) is 0 Å². The molecule has 0 fully saturated rings. The van der Waals surface area contributed by atoms with Crippen LogP contribution in [0.1, 0.15) is 5.56 Å². The molecule has 8 heteroatoms. The van der Waals surface area contributed by atoms with Gasteiger partial charge in [0.15, 0.2) is 0 Å². The molecule has 1 N–H and O–H groups in total. The van der Waals surface area contributed by atoms with E-state index in [0.717, 1.165) is 4.90 Å². The lowest BCUT2D eigenvalue weighted by Gasteiger charge is -2.11. The van der Waals surface area contributed by atoms with Crippen LogP contribution in [0, 0.1) is 6.92 Å². The van der Waals surface area contributed by atoms with E-state index in [1.807, 2.05) is 31.2 Å². The summed E-state index contributed by atoms with van der Waals surface area (Å²) in [5.74, 6) is 0.930. The van der Waals surface area contributed by atoms with Gasteiger partial charge in [-0.25, -0.2) is 13.1 Å². The van der Waals surface area contributed by atoms with Gasteiger partial charge in [-0.2, -0.15) is 0 Å². The number of sulfonamides is 1. The number of aryl methyl sites for hydroxylation is 1. The van der Waals surface area contributed by atoms with Gasteiger partial charge in [-0.05, 0) is 31.2 Å². The first-order chi connectivity index (χ1) is 11.3. The summed E-state index contributed by atoms with van der Waals surface area (Å²) >= 11 is 13.6. The first-order valence-electron chi connectivity index (χ1n) is 7.06. The Morgan fingerprint density at radius 1 is 1.08 bits per heavy atom. The smallest absolute Gasteiger partial charge is 0.242 e. The van der Waals surface area contributed by atoms with Crippen LogP contribution < -0.4 is 9.46 Å². The Hall–Kier alpha value is -0.920. The third kappa shape index (κ3) is 4.80. The lowest BCUT2D eigenvalue weighted by Crippen LogP contribution is -2.26. The van der Waals surface area contributed by atoms with Crippen molar-refractivity contribution in [2.75, 3.05) is 19.4 Å². The summed E-state index contributed by atoms with van der Waals surface area (Å²) in [6.07, 6.45) is 0. The summed E-state index contributed by atoms with van der Waals surface area (Å²) in [4.78, 5) is 1.03. The summed E-state index contributed by atoms with van der Waals surface area (Å²) in [5, 5.41) is 0.0331. The van der Waals surface area contributed by atoms with Gasteiger partial charge in [0, 0.05) is 17.2 Å². The molecule has 0 heterocycles. The van der Waals surface area contributed by atoms with E-state index in [1.54, 1.807) is 11.8 Å². The molecule has 2 rings (SSSR count). The normalized spacial score (nSPS) is 11.5. The number of methoxy groups -OCH3 is 1. The van der Waals surface area contributed by atoms with E-state index < -0.39 is 10.0 Å². The molecule has 0 aromatic heterocycles. The Balaban J connectivity index is 1.99. The second-order valence-corrected chi connectivity index (χ2v) is 8.61. The molecule has 0 aliphatic rings. The number of hydrogen-bond acceptors (Lipinski definition) is 4. The summed E-state index contributed by atoms with van der Waals surface area (Å²) in [7, 11) is -2.30. The quantitative estimate of drug-likeness (QED) is 0.548. The fraction of sp³-hybridized carbons (Fsp3) is 0.250. The molecule has 0 spiro atoms. The second kappa shape index (κ2) is 8.45. The van der Waals surface area contributed by atoms with Crippen molar-refractivity contribution in [2.45, 2.75) is 16.7 Å². The first kappa shape index (κ1) is 19.4. The van der Waals surface area contributed by atoms with E-state index in [4.69, 9.17) is 27.9 Å². The minimum atomic E-state index is -3.73. The minimum Gasteiger partial charge on any atom is -0.495 e. The van der Waals surface area contributed by atoms with E-state index in [9.17, 15) is 8.42 Å². The highest BCUT2D eigenvalue weighted by molar-refractivity contribution is 7.99. The van der Waals surface area contributed by atoms with E-state index in [1.165, 1.54) is 24.8 Å². The molecule has 0 aliphatic carbocycles. The highest BCUT2D eigenvalue weighted by Gasteiger charge is 2.21. The maximum Gasteiger partial charge on any atom is 0.242 e. The van der Waals surface area contributed by atoms with E-state index in [-0.39, 0.29) is 21.5 Å². The zero-order valence-corrected chi connectivity index (χ0v) is 16.3. The molecule has 130 valence electrons. The number of ether oxygens (including phenoxy) is 1. The Labute approximate surface area is 156 Å². The highest BCUT2D eigenvalue weighted by atomic mass is 35.5. The molecule has 24 heavy (non-hydrogen) atoms. The lowest BCUT2D eigenvalue weighted by atomic mass is 10.2. The second-order valence-electron chi connectivity index (χ2n) is 4.95. The van der Waals surface area contributed by atoms with Crippen molar-refractivity contribution in [3.8, 4) is 5.75 Å². The SMILES string of the molecule is COc1ccc(S(=O)(=O)NCCSc2ccc(C)cc2)c(Cl)c1Cl. The van der Waals surface area contributed by atoms with Crippen LogP contribution in [-0.2, 0) is 10.0 Å². The molecule has 0 radical (unpaired) electrons. The van der Waals surface area contributed by atoms with E-state index in [2.05, 4.69) is 4.72 Å². The summed E-state index contributed by atoms with van der Waals surface area (Å²) in [6, 6.07) is 10.9. The monoisotopic (exact) mass is 405 g/mol. The number of rotatable bonds is 7. The standard InChI is InChI=1S/C16H17Cl2NO3S2/c1-11-3-5-12(6-4-11)23-10-9-19-24(20,21)14-8-7-13(22-2)15(17)16(14)18/h3-8,19H,9-10H2,1-2H3. The molecular weight excluding hydrogens is 389 g/mol. The largest absolute Gasteiger partial charge is 0.495 e. The van der Waals surface area contributed by atoms with Crippen molar-refractivity contribution < 1.29 is 13.2 Å². The summed E-state index contributed by atoms with van der Waals surface area (Å²) in [5.41, 5.74) is 1.19. The maximum absolute atomic E-state index is 12.4. The van der Waals surface area contributed by atoms with Crippen LogP contribution in [-0.4, -0.2) is 27.8 Å². The molecule has 4 nitrogen and oxygen atoms in total. The predicted molar refractivity (Wildman–Crippen MR) is 100 cm³/mol. The molecule has 0 saturated carbocycles. The topological polar surface area (TPSA) is 55.4 Å². The van der Waals surface area contributed by atoms with Crippen molar-refractivity contribution in [2.24, 2.45) is 0 Å². The van der Waals surface area contributed by atoms with E-state index >= 15 is 0 Å². The molecule has 0 saturated heterocycles. The van der Waals surface area contributed by atoms with Crippen molar-refractivity contribution in [1.82, 2.24) is 4.72 Å². The van der Waals surface area contributed by atoms with Crippen LogP contribution in [0.5, 0.6) is 5.75 Å². The molecule has 0 amide bonds. The van der Waals surface area contributed by atoms with Gasteiger partial charge in [0.25, 0.3) is 0 Å². The third-order valence-electron chi connectivity index (χ3n) is 3.20. The summed E-state index contributed by atoms with van der Waals surface area (Å²) < 4.78 is 32.3. The van der Waals surface area contributed by atoms with Crippen LogP contribution in [0.2, 0.25) is 10.0 Å². The van der Waals surface area contributed by atoms with E-state index in [0.29, 0.717) is 11.5 Å². The van der Waals surface area contributed by atoms with Crippen LogP contribution in [0.25, 0.3) is 0 Å². The number of halogens is 2. The fourth-order valence-electron chi connectivity index (χ4n) is 1.94. The number of benzene rings is 2. The van der Waals surface area contributed by atoms with Crippen LogP contribution >= 0.6 is 35.0 Å². The van der Waals surface area contributed by atoms with Gasteiger partial charge in [0.2, 0.25) is 10.0 Å². The summed E-state index contributed by atoms with van der Waals surface area (Å²) in [6.45, 7) is 2.30. The Morgan fingerprint density at radius 3 is 2.38 bits per heavy atom. The first-order valence-corrected chi connectivity index (χ1v) is 10.3. The zero-order chi connectivity index (χ0) is 17.7. The molecule has 0 aliphatic heterocycles. The molecule has 0 atom stereocenters. The maximum atomic E-state index is 12.4. The van der Waals surface area contributed by atoms with Crippen LogP contribution in [0.3, 0.4) is 0 Å². The van der Waals surface area contributed by atoms with Gasteiger partial charge >= 0.3 is 0 Å². The van der Waals surface area contributed by atoms with Gasteiger partial charge in [0.05, 0.1) is 12.1 Å². The molecule has 2 aromatic carbocycles. The van der Waals surface area contributed by atoms with Gasteiger partial charge in [-0.3, -0.25) is 0 Å². The van der Waals surface area contributed by atoms with Crippen molar-refractivity contribution in [3.63, 3.8) is 0 Å². The molecule has 2 aromatic rings. The predicted octanol–water partition coefficient (Wildman–Crippen LogP) is 4.38. The fourth-order valence-corrected chi connectivity index (χ4v) is 4.70. The van der Waals surface area contributed by atoms with Gasteiger partial charge in [-0.15, -0.1) is 11.8 Å². The van der Waals surface area contributed by atoms with Crippen molar-refractivity contribution in [1.29, 1.82) is 0 Å². The van der Waals surface area contributed by atoms with Gasteiger partial charge in [0.1, 0.15) is 15.7 Å². The lowest BCUT2D eigenvalue weighted by molar-refractivity contribution is 0.414. The van der Waals surface area contributed by atoms with Gasteiger partial charge < -0.3 is 4.74 Å². The average Bonchev–Trinajstić information content (AvgIpc) is 2.55. The zero-order valence-electron chi connectivity index (χ0n) is 13.2. The van der Waals surface area contributed by atoms with Crippen molar-refractivity contribution >= 4 is 45.0 Å². The molecular formula is C16H17Cl2NO3S2. The molecule has 0 unspecified atom stereocenters. The van der Waals surface area contributed by atoms with Gasteiger partial charge in [-0.1, -0.05) is 40.9 Å². The number of nitrogens with one attached hydrogen (secondary N) is 1.